The molecule has 2 atom stereocenters. The summed E-state index contributed by atoms with van der Waals surface area (Å²) in [5, 5.41) is 13.9. The second kappa shape index (κ2) is 17.3. The van der Waals surface area contributed by atoms with Crippen LogP contribution in [-0.2, 0) is 9.53 Å². The van der Waals surface area contributed by atoms with Crippen LogP contribution in [0.2, 0.25) is 5.02 Å². The van der Waals surface area contributed by atoms with E-state index in [1.54, 1.807) is 29.1 Å². The molecule has 16 nitrogen and oxygen atoms in total. The van der Waals surface area contributed by atoms with E-state index in [9.17, 15) is 28.0 Å². The Morgan fingerprint density at radius 3 is 2.57 bits per heavy atom. The predicted molar refractivity (Wildman–Crippen MR) is 222 cm³/mol. The number of amides is 5. The van der Waals surface area contributed by atoms with Gasteiger partial charge in [-0.2, -0.15) is 10.2 Å². The summed E-state index contributed by atoms with van der Waals surface area (Å²) in [6.45, 7) is 4.75. The Bertz CT molecular complexity index is 2310. The fraction of sp³-hybridized carbons (Fsp3) is 0.548. The number of rotatable bonds is 12. The first-order chi connectivity index (χ1) is 29.5. The van der Waals surface area contributed by atoms with Crippen LogP contribution in [0.5, 0.6) is 0 Å². The highest BCUT2D eigenvalue weighted by atomic mass is 35.5. The summed E-state index contributed by atoms with van der Waals surface area (Å²) in [5.41, 5.74) is 0.946. The number of hydrogen-bond acceptors (Lipinski definition) is 10. The Hall–Kier alpha value is -5.20. The maximum atomic E-state index is 14.3. The molecule has 5 amide bonds. The van der Waals surface area contributed by atoms with E-state index in [1.807, 2.05) is 11.0 Å². The highest BCUT2D eigenvalue weighted by Gasteiger charge is 2.40. The number of nitrogens with zero attached hydrogens (tertiary/aromatic N) is 9. The molecule has 0 spiro atoms. The summed E-state index contributed by atoms with van der Waals surface area (Å²) in [5.74, 6) is 0.689. The van der Waals surface area contributed by atoms with Gasteiger partial charge in [0.15, 0.2) is 11.3 Å². The molecule has 324 valence electrons. The van der Waals surface area contributed by atoms with Crippen LogP contribution in [-0.4, -0.2) is 123 Å². The van der Waals surface area contributed by atoms with Gasteiger partial charge in [0.05, 0.1) is 47.4 Å². The van der Waals surface area contributed by atoms with Crippen LogP contribution in [0.25, 0.3) is 5.65 Å². The van der Waals surface area contributed by atoms with Crippen LogP contribution in [0, 0.1) is 11.8 Å². The average Bonchev–Trinajstić information content (AvgIpc) is 4.08. The summed E-state index contributed by atoms with van der Waals surface area (Å²) >= 11 is 6.39. The van der Waals surface area contributed by atoms with Crippen molar-refractivity contribution in [3.05, 3.63) is 64.7 Å². The summed E-state index contributed by atoms with van der Waals surface area (Å²) in [4.78, 5) is 63.6. The molecule has 2 bridgehead atoms. The first-order valence-corrected chi connectivity index (χ1v) is 21.6. The molecule has 4 aromatic rings. The molecule has 0 unspecified atom stereocenters. The lowest BCUT2D eigenvalue weighted by Gasteiger charge is -2.34. The Balaban J connectivity index is 0.733. The molecule has 1 aliphatic carbocycles. The van der Waals surface area contributed by atoms with Gasteiger partial charge in [-0.3, -0.25) is 29.3 Å². The van der Waals surface area contributed by atoms with Crippen molar-refractivity contribution in [2.24, 2.45) is 11.8 Å². The van der Waals surface area contributed by atoms with Crippen molar-refractivity contribution in [1.82, 2.24) is 39.5 Å². The first kappa shape index (κ1) is 41.2. The number of hydrogen-bond donors (Lipinski definition) is 2. The van der Waals surface area contributed by atoms with Crippen molar-refractivity contribution in [3.63, 3.8) is 0 Å². The van der Waals surface area contributed by atoms with Gasteiger partial charge in [0.2, 0.25) is 5.91 Å². The van der Waals surface area contributed by atoms with Crippen LogP contribution in [0.4, 0.5) is 30.8 Å². The number of alkyl halides is 2. The molecule has 9 rings (SSSR count). The number of halogens is 3. The SMILES string of the molecule is CN(CCC1CCN(C(=O)c2ccc(Cl)c(N3CCC(=O)NC3=O)c2)CC1)CC1CCC(n2cc(NC(=O)c3cnn4ccc(N5C[C@H]6C[C@@H]5CO6)nc34)c(C(F)F)n2)CC1. The standard InChI is InChI=1S/C42H50ClF2N11O5/c1-51(13-8-25-9-14-52(15-10-25)41(59)27-4-7-32(43)34(18-27)53-16-12-36(57)49-42(53)60)21-26-2-5-28(6-3-26)56-23-33(37(50-56)38(44)45)47-40(58)31-20-46-55-17-11-35(48-39(31)55)54-22-30-19-29(54)24-61-30/h4,7,11,17-18,20,23,25-26,28-30,38H,2-3,5-6,8-10,12-16,19,21-22,24H2,1H3,(H,47,58)(H,49,57,60)/t26?,28?,29-,30-/m1/s1. The number of urea groups is 1. The molecular formula is C42H50ClF2N11O5. The number of benzene rings is 1. The summed E-state index contributed by atoms with van der Waals surface area (Å²) in [7, 11) is 2.14. The topological polar surface area (TPSA) is 163 Å². The molecular weight excluding hydrogens is 812 g/mol. The Labute approximate surface area is 356 Å². The lowest BCUT2D eigenvalue weighted by Crippen LogP contribution is -2.49. The van der Waals surface area contributed by atoms with Gasteiger partial charge in [0, 0.05) is 57.1 Å². The molecule has 61 heavy (non-hydrogen) atoms. The largest absolute Gasteiger partial charge is 0.374 e. The number of ether oxygens (including phenoxy) is 1. The summed E-state index contributed by atoms with van der Waals surface area (Å²) < 4.78 is 37.4. The van der Waals surface area contributed by atoms with Crippen molar-refractivity contribution in [2.45, 2.75) is 82.4 Å². The molecule has 0 radical (unpaired) electrons. The minimum atomic E-state index is -2.86. The fourth-order valence-corrected chi connectivity index (χ4v) is 9.90. The van der Waals surface area contributed by atoms with Gasteiger partial charge in [0.1, 0.15) is 11.4 Å². The molecule has 4 saturated heterocycles. The normalized spacial score (nSPS) is 23.5. The zero-order valence-electron chi connectivity index (χ0n) is 34.0. The second-order valence-electron chi connectivity index (χ2n) is 17.2. The zero-order chi connectivity index (χ0) is 42.4. The van der Waals surface area contributed by atoms with Gasteiger partial charge < -0.3 is 24.8 Å². The van der Waals surface area contributed by atoms with Gasteiger partial charge in [-0.05, 0) is 101 Å². The quantitative estimate of drug-likeness (QED) is 0.178. The molecule has 7 heterocycles. The predicted octanol–water partition coefficient (Wildman–Crippen LogP) is 5.80. The van der Waals surface area contributed by atoms with Crippen LogP contribution in [0.3, 0.4) is 0 Å². The van der Waals surface area contributed by atoms with E-state index in [2.05, 4.69) is 37.7 Å². The van der Waals surface area contributed by atoms with Gasteiger partial charge in [0.25, 0.3) is 18.2 Å². The highest BCUT2D eigenvalue weighted by Crippen LogP contribution is 2.37. The van der Waals surface area contributed by atoms with Crippen molar-refractivity contribution < 1.29 is 32.7 Å². The molecule has 5 aliphatic rings. The van der Waals surface area contributed by atoms with Crippen molar-refractivity contribution in [1.29, 1.82) is 0 Å². The number of aromatic nitrogens is 5. The average molecular weight is 862 g/mol. The van der Waals surface area contributed by atoms with E-state index in [-0.39, 0.29) is 54.2 Å². The number of piperidine rings is 1. The third kappa shape index (κ3) is 8.66. The van der Waals surface area contributed by atoms with Crippen molar-refractivity contribution in [3.8, 4) is 0 Å². The van der Waals surface area contributed by atoms with E-state index in [1.165, 1.54) is 21.8 Å². The number of imide groups is 1. The third-order valence-corrected chi connectivity index (χ3v) is 13.4. The van der Waals surface area contributed by atoms with E-state index in [0.29, 0.717) is 53.5 Å². The fourth-order valence-electron chi connectivity index (χ4n) is 9.68. The first-order valence-electron chi connectivity index (χ1n) is 21.3. The molecule has 5 fully saturated rings. The van der Waals surface area contributed by atoms with Crippen LogP contribution in [0.15, 0.2) is 42.9 Å². The van der Waals surface area contributed by atoms with E-state index in [4.69, 9.17) is 21.3 Å². The second-order valence-corrected chi connectivity index (χ2v) is 17.6. The van der Waals surface area contributed by atoms with Crippen LogP contribution < -0.4 is 20.4 Å². The molecule has 19 heteroatoms. The maximum absolute atomic E-state index is 14.3. The lowest BCUT2D eigenvalue weighted by molar-refractivity contribution is -0.120. The van der Waals surface area contributed by atoms with Crippen molar-refractivity contribution in [2.75, 3.05) is 68.0 Å². The highest BCUT2D eigenvalue weighted by molar-refractivity contribution is 6.34. The third-order valence-electron chi connectivity index (χ3n) is 13.1. The summed E-state index contributed by atoms with van der Waals surface area (Å²) in [6, 6.07) is 6.43. The number of carbonyl (C=O) groups is 4. The van der Waals surface area contributed by atoms with Gasteiger partial charge in [-0.15, -0.1) is 0 Å². The molecule has 2 N–H and O–H groups in total. The monoisotopic (exact) mass is 861 g/mol. The number of likely N-dealkylation sites (tertiary alicyclic amines) is 1. The van der Waals surface area contributed by atoms with E-state index < -0.39 is 24.1 Å². The minimum Gasteiger partial charge on any atom is -0.374 e. The minimum absolute atomic E-state index is 0.0105. The smallest absolute Gasteiger partial charge is 0.328 e. The van der Waals surface area contributed by atoms with Gasteiger partial charge >= 0.3 is 6.03 Å². The molecule has 4 aliphatic heterocycles. The number of anilines is 3. The molecule has 3 aromatic heterocycles. The molecule has 1 aromatic carbocycles. The Morgan fingerprint density at radius 1 is 1.05 bits per heavy atom. The van der Waals surface area contributed by atoms with Crippen molar-refractivity contribution >= 4 is 58.2 Å². The summed E-state index contributed by atoms with van der Waals surface area (Å²) in [6.07, 6.45) is 9.43. The van der Waals surface area contributed by atoms with Crippen LogP contribution >= 0.6 is 11.6 Å². The van der Waals surface area contributed by atoms with Gasteiger partial charge in [-0.25, -0.2) is 23.1 Å². The van der Waals surface area contributed by atoms with E-state index >= 15 is 0 Å². The number of fused-ring (bicyclic) bond motifs is 3. The number of morpholine rings is 1. The van der Waals surface area contributed by atoms with Gasteiger partial charge in [-0.1, -0.05) is 11.6 Å². The maximum Gasteiger partial charge on any atom is 0.328 e. The zero-order valence-corrected chi connectivity index (χ0v) is 34.8. The van der Waals surface area contributed by atoms with Crippen LogP contribution in [0.1, 0.15) is 96.7 Å². The Kier molecular flexibility index (Phi) is 11.7. The number of carbonyl (C=O) groups excluding carboxylic acids is 4. The Morgan fingerprint density at radius 2 is 1.85 bits per heavy atom. The number of nitrogens with one attached hydrogen (secondary N) is 2. The van der Waals surface area contributed by atoms with E-state index in [0.717, 1.165) is 76.8 Å². The molecule has 1 saturated carbocycles. The lowest BCUT2D eigenvalue weighted by atomic mass is 9.85.